The molecule has 2 aromatic rings. The maximum absolute atomic E-state index is 5.81. The monoisotopic (exact) mass is 355 g/mol. The van der Waals surface area contributed by atoms with Gasteiger partial charge in [-0.1, -0.05) is 31.4 Å². The normalized spacial score (nSPS) is 16.7. The first-order valence-electron chi connectivity index (χ1n) is 10.2. The summed E-state index contributed by atoms with van der Waals surface area (Å²) in [5, 5.41) is 3.55. The lowest BCUT2D eigenvalue weighted by Gasteiger charge is -2.31. The molecule has 1 aliphatic carbocycles. The molecular formula is C23H33NO2. The van der Waals surface area contributed by atoms with E-state index in [1.165, 1.54) is 44.1 Å². The van der Waals surface area contributed by atoms with Crippen LogP contribution in [0.25, 0.3) is 0 Å². The van der Waals surface area contributed by atoms with Gasteiger partial charge in [0.15, 0.2) is 0 Å². The Labute approximate surface area is 158 Å². The number of nitrogens with one attached hydrogen (secondary N) is 1. The van der Waals surface area contributed by atoms with Crippen LogP contribution in [-0.4, -0.2) is 12.6 Å². The van der Waals surface area contributed by atoms with Gasteiger partial charge in [-0.3, -0.25) is 0 Å². The van der Waals surface area contributed by atoms with Crippen molar-refractivity contribution in [1.29, 1.82) is 0 Å². The quantitative estimate of drug-likeness (QED) is 0.568. The molecule has 0 amide bonds. The van der Waals surface area contributed by atoms with Crippen LogP contribution in [0.1, 0.15) is 69.6 Å². The molecule has 1 fully saturated rings. The summed E-state index contributed by atoms with van der Waals surface area (Å²) in [5.74, 6) is 3.43. The van der Waals surface area contributed by atoms with Gasteiger partial charge in [-0.15, -0.1) is 0 Å². The molecule has 1 aromatic carbocycles. The molecule has 0 bridgehead atoms. The summed E-state index contributed by atoms with van der Waals surface area (Å²) in [5.41, 5.74) is 1.47. The standard InChI is InChI=1S/C23H33NO2/c1-18(2)26-21-12-10-20(11-13-21)23(19-7-4-3-5-8-19)14-15-24-17-22-9-6-16-25-22/h6,9-13,16,18-19,23-24H,3-5,7-8,14-15,17H2,1-2H3. The first kappa shape index (κ1) is 19.0. The summed E-state index contributed by atoms with van der Waals surface area (Å²) in [6.07, 6.45) is 10.0. The number of hydrogen-bond acceptors (Lipinski definition) is 3. The highest BCUT2D eigenvalue weighted by atomic mass is 16.5. The Morgan fingerprint density at radius 3 is 2.50 bits per heavy atom. The molecule has 3 nitrogen and oxygen atoms in total. The molecule has 1 N–H and O–H groups in total. The van der Waals surface area contributed by atoms with Crippen molar-refractivity contribution in [3.63, 3.8) is 0 Å². The second kappa shape index (κ2) is 9.82. The first-order valence-corrected chi connectivity index (χ1v) is 10.2. The number of ether oxygens (including phenoxy) is 1. The van der Waals surface area contributed by atoms with Crippen LogP contribution in [0.3, 0.4) is 0 Å². The van der Waals surface area contributed by atoms with Gasteiger partial charge in [0.1, 0.15) is 11.5 Å². The van der Waals surface area contributed by atoms with Crippen LogP contribution < -0.4 is 10.1 Å². The van der Waals surface area contributed by atoms with Crippen molar-refractivity contribution in [2.24, 2.45) is 5.92 Å². The van der Waals surface area contributed by atoms with E-state index in [0.29, 0.717) is 5.92 Å². The van der Waals surface area contributed by atoms with Crippen LogP contribution in [0.15, 0.2) is 47.1 Å². The molecule has 0 aliphatic heterocycles. The van der Waals surface area contributed by atoms with Gasteiger partial charge in [0.2, 0.25) is 0 Å². The fraction of sp³-hybridized carbons (Fsp3) is 0.565. The summed E-state index contributed by atoms with van der Waals surface area (Å²) in [7, 11) is 0. The highest BCUT2D eigenvalue weighted by molar-refractivity contribution is 5.30. The molecule has 0 spiro atoms. The molecule has 1 unspecified atom stereocenters. The number of rotatable bonds is 9. The van der Waals surface area contributed by atoms with Gasteiger partial charge >= 0.3 is 0 Å². The average molecular weight is 356 g/mol. The van der Waals surface area contributed by atoms with Crippen molar-refractivity contribution in [2.45, 2.75) is 70.9 Å². The topological polar surface area (TPSA) is 34.4 Å². The Morgan fingerprint density at radius 1 is 1.08 bits per heavy atom. The number of hydrogen-bond donors (Lipinski definition) is 1. The fourth-order valence-electron chi connectivity index (χ4n) is 4.16. The van der Waals surface area contributed by atoms with E-state index in [-0.39, 0.29) is 6.10 Å². The maximum atomic E-state index is 5.81. The Balaban J connectivity index is 1.60. The van der Waals surface area contributed by atoms with E-state index in [4.69, 9.17) is 9.15 Å². The first-order chi connectivity index (χ1) is 12.7. The van der Waals surface area contributed by atoms with E-state index in [9.17, 15) is 0 Å². The van der Waals surface area contributed by atoms with Crippen molar-refractivity contribution in [3.8, 4) is 5.75 Å². The van der Waals surface area contributed by atoms with Crippen molar-refractivity contribution in [1.82, 2.24) is 5.32 Å². The second-order valence-corrected chi connectivity index (χ2v) is 7.79. The summed E-state index contributed by atoms with van der Waals surface area (Å²) < 4.78 is 11.2. The summed E-state index contributed by atoms with van der Waals surface area (Å²) in [6.45, 7) is 5.98. The highest BCUT2D eigenvalue weighted by Gasteiger charge is 2.24. The minimum Gasteiger partial charge on any atom is -0.491 e. The van der Waals surface area contributed by atoms with Crippen molar-refractivity contribution < 1.29 is 9.15 Å². The van der Waals surface area contributed by atoms with Crippen LogP contribution in [0.5, 0.6) is 5.75 Å². The van der Waals surface area contributed by atoms with Crippen molar-refractivity contribution in [2.75, 3.05) is 6.54 Å². The molecule has 1 atom stereocenters. The van der Waals surface area contributed by atoms with Crippen LogP contribution in [-0.2, 0) is 6.54 Å². The number of benzene rings is 1. The van der Waals surface area contributed by atoms with Gasteiger partial charge in [-0.2, -0.15) is 0 Å². The fourth-order valence-corrected chi connectivity index (χ4v) is 4.16. The third-order valence-corrected chi connectivity index (χ3v) is 5.41. The van der Waals surface area contributed by atoms with Gasteiger partial charge in [-0.05, 0) is 81.3 Å². The van der Waals surface area contributed by atoms with E-state index in [0.717, 1.165) is 30.5 Å². The van der Waals surface area contributed by atoms with E-state index in [1.807, 2.05) is 12.1 Å². The highest BCUT2D eigenvalue weighted by Crippen LogP contribution is 2.38. The van der Waals surface area contributed by atoms with Gasteiger partial charge in [0.05, 0.1) is 18.9 Å². The molecular weight excluding hydrogens is 322 g/mol. The Kier molecular flexibility index (Phi) is 7.19. The van der Waals surface area contributed by atoms with E-state index >= 15 is 0 Å². The molecule has 1 aliphatic rings. The molecule has 142 valence electrons. The Hall–Kier alpha value is -1.74. The molecule has 26 heavy (non-hydrogen) atoms. The smallest absolute Gasteiger partial charge is 0.119 e. The third kappa shape index (κ3) is 5.63. The van der Waals surface area contributed by atoms with Crippen LogP contribution in [0.4, 0.5) is 0 Å². The van der Waals surface area contributed by atoms with Crippen LogP contribution in [0, 0.1) is 5.92 Å². The predicted molar refractivity (Wildman–Crippen MR) is 107 cm³/mol. The lowest BCUT2D eigenvalue weighted by Crippen LogP contribution is -2.22. The molecule has 0 radical (unpaired) electrons. The van der Waals surface area contributed by atoms with Crippen LogP contribution in [0.2, 0.25) is 0 Å². The zero-order valence-electron chi connectivity index (χ0n) is 16.2. The Morgan fingerprint density at radius 2 is 1.85 bits per heavy atom. The summed E-state index contributed by atoms with van der Waals surface area (Å²) >= 11 is 0. The number of furan rings is 1. The minimum atomic E-state index is 0.223. The van der Waals surface area contributed by atoms with E-state index < -0.39 is 0 Å². The summed E-state index contributed by atoms with van der Waals surface area (Å²) in [4.78, 5) is 0. The van der Waals surface area contributed by atoms with Crippen molar-refractivity contribution in [3.05, 3.63) is 54.0 Å². The zero-order chi connectivity index (χ0) is 18.2. The Bertz CT molecular complexity index is 612. The molecule has 0 saturated heterocycles. The lowest BCUT2D eigenvalue weighted by atomic mass is 9.75. The van der Waals surface area contributed by atoms with Gasteiger partial charge in [0.25, 0.3) is 0 Å². The van der Waals surface area contributed by atoms with Crippen molar-refractivity contribution >= 4 is 0 Å². The average Bonchev–Trinajstić information content (AvgIpc) is 3.16. The zero-order valence-corrected chi connectivity index (χ0v) is 16.2. The maximum Gasteiger partial charge on any atom is 0.119 e. The molecule has 1 aromatic heterocycles. The van der Waals surface area contributed by atoms with Gasteiger partial charge < -0.3 is 14.5 Å². The van der Waals surface area contributed by atoms with E-state index in [1.54, 1.807) is 6.26 Å². The molecule has 1 saturated carbocycles. The minimum absolute atomic E-state index is 0.223. The van der Waals surface area contributed by atoms with E-state index in [2.05, 4.69) is 43.4 Å². The summed E-state index contributed by atoms with van der Waals surface area (Å²) in [6, 6.07) is 12.8. The van der Waals surface area contributed by atoms with Gasteiger partial charge in [0, 0.05) is 0 Å². The SMILES string of the molecule is CC(C)Oc1ccc(C(CCNCc2ccco2)C2CCCCC2)cc1. The lowest BCUT2D eigenvalue weighted by molar-refractivity contribution is 0.242. The molecule has 3 rings (SSSR count). The van der Waals surface area contributed by atoms with Gasteiger partial charge in [-0.25, -0.2) is 0 Å². The predicted octanol–water partition coefficient (Wildman–Crippen LogP) is 5.91. The third-order valence-electron chi connectivity index (χ3n) is 5.41. The second-order valence-electron chi connectivity index (χ2n) is 7.79. The van der Waals surface area contributed by atoms with Crippen LogP contribution >= 0.6 is 0 Å². The molecule has 1 heterocycles. The largest absolute Gasteiger partial charge is 0.491 e. The molecule has 3 heteroatoms.